The largest absolute Gasteiger partial charge is 0.497 e. The Labute approximate surface area is 191 Å². The molecule has 0 saturated carbocycles. The van der Waals surface area contributed by atoms with Gasteiger partial charge < -0.3 is 9.47 Å². The topological polar surface area (TPSA) is 77.0 Å². The molecule has 4 rings (SSSR count). The van der Waals surface area contributed by atoms with Gasteiger partial charge in [-0.15, -0.1) is 0 Å². The van der Waals surface area contributed by atoms with E-state index in [1.807, 2.05) is 49.4 Å². The van der Waals surface area contributed by atoms with Crippen LogP contribution in [-0.4, -0.2) is 25.2 Å². The minimum Gasteiger partial charge on any atom is -0.497 e. The van der Waals surface area contributed by atoms with Crippen LogP contribution in [0.3, 0.4) is 0 Å². The fourth-order valence-electron chi connectivity index (χ4n) is 3.43. The molecule has 0 aliphatic carbocycles. The van der Waals surface area contributed by atoms with Crippen molar-refractivity contribution in [2.45, 2.75) is 6.92 Å². The van der Waals surface area contributed by atoms with Gasteiger partial charge in [0.2, 0.25) is 0 Å². The predicted octanol–water partition coefficient (Wildman–Crippen LogP) is 5.14. The second-order valence-corrected chi connectivity index (χ2v) is 7.33. The highest BCUT2D eigenvalue weighted by molar-refractivity contribution is 6.04. The highest BCUT2D eigenvalue weighted by atomic mass is 16.5. The molecule has 0 spiro atoms. The van der Waals surface area contributed by atoms with Crippen LogP contribution in [0.15, 0.2) is 90.0 Å². The number of ether oxygens (including phenoxy) is 2. The number of aryl methyl sites for hydroxylation is 1. The Balaban J connectivity index is 1.62. The summed E-state index contributed by atoms with van der Waals surface area (Å²) in [5, 5.41) is 5.93. The molecule has 0 aliphatic rings. The Morgan fingerprint density at radius 3 is 2.36 bits per heavy atom. The molecule has 0 fully saturated rings. The van der Waals surface area contributed by atoms with Gasteiger partial charge in [-0.3, -0.25) is 4.79 Å². The maximum absolute atomic E-state index is 12.7. The van der Waals surface area contributed by atoms with Gasteiger partial charge >= 0.3 is 5.97 Å². The fourth-order valence-corrected chi connectivity index (χ4v) is 3.43. The van der Waals surface area contributed by atoms with Gasteiger partial charge in [0.1, 0.15) is 11.5 Å². The highest BCUT2D eigenvalue weighted by Crippen LogP contribution is 2.27. The molecule has 0 radical (unpaired) electrons. The number of nitrogens with one attached hydrogen (secondary N) is 1. The summed E-state index contributed by atoms with van der Waals surface area (Å²) >= 11 is 0. The number of nitrogens with zero attached hydrogens (tertiary/aromatic N) is 1. The minimum atomic E-state index is -0.508. The average molecular weight is 438 g/mol. The van der Waals surface area contributed by atoms with Crippen LogP contribution in [0.1, 0.15) is 31.8 Å². The molecule has 0 aliphatic heterocycles. The van der Waals surface area contributed by atoms with Crippen molar-refractivity contribution in [3.8, 4) is 11.5 Å². The first-order valence-electron chi connectivity index (χ1n) is 10.3. The molecule has 4 aromatic carbocycles. The fraction of sp³-hybridized carbons (Fsp3) is 0.0741. The van der Waals surface area contributed by atoms with Gasteiger partial charge in [-0.1, -0.05) is 48.5 Å². The standard InChI is InChI=1S/C27H22N2O4/c1-18-7-3-5-9-22(18)26(30)29-28-17-24-23-10-6-4-8-19(23)13-16-25(24)33-27(31)20-11-14-21(32-2)15-12-20/h3-17H,1-2H3,(H,29,30)/b28-17+. The second kappa shape index (κ2) is 9.78. The quantitative estimate of drug-likeness (QED) is 0.196. The highest BCUT2D eigenvalue weighted by Gasteiger charge is 2.14. The lowest BCUT2D eigenvalue weighted by Crippen LogP contribution is -2.18. The third-order valence-corrected chi connectivity index (χ3v) is 5.21. The van der Waals surface area contributed by atoms with Crippen LogP contribution in [0.2, 0.25) is 0 Å². The second-order valence-electron chi connectivity index (χ2n) is 7.33. The van der Waals surface area contributed by atoms with Crippen LogP contribution < -0.4 is 14.9 Å². The first kappa shape index (κ1) is 21.8. The maximum Gasteiger partial charge on any atom is 0.343 e. The molecule has 164 valence electrons. The van der Waals surface area contributed by atoms with Crippen molar-refractivity contribution < 1.29 is 19.1 Å². The summed E-state index contributed by atoms with van der Waals surface area (Å²) < 4.78 is 10.8. The lowest BCUT2D eigenvalue weighted by Gasteiger charge is -2.11. The molecule has 4 aromatic rings. The molecule has 1 amide bonds. The van der Waals surface area contributed by atoms with Gasteiger partial charge in [-0.25, -0.2) is 10.2 Å². The van der Waals surface area contributed by atoms with E-state index in [1.165, 1.54) is 6.21 Å². The van der Waals surface area contributed by atoms with Crippen molar-refractivity contribution in [2.75, 3.05) is 7.11 Å². The van der Waals surface area contributed by atoms with Gasteiger partial charge in [-0.05, 0) is 59.7 Å². The number of hydrogen-bond donors (Lipinski definition) is 1. The lowest BCUT2D eigenvalue weighted by atomic mass is 10.0. The number of rotatable bonds is 6. The van der Waals surface area contributed by atoms with E-state index in [2.05, 4.69) is 10.5 Å². The van der Waals surface area contributed by atoms with Crippen molar-refractivity contribution >= 4 is 28.9 Å². The van der Waals surface area contributed by atoms with Crippen molar-refractivity contribution in [1.82, 2.24) is 5.43 Å². The Bertz CT molecular complexity index is 1340. The number of carbonyl (C=O) groups excluding carboxylic acids is 2. The summed E-state index contributed by atoms with van der Waals surface area (Å²) in [6, 6.07) is 25.2. The van der Waals surface area contributed by atoms with Crippen LogP contribution in [0.4, 0.5) is 0 Å². The summed E-state index contributed by atoms with van der Waals surface area (Å²) in [7, 11) is 1.56. The smallest absolute Gasteiger partial charge is 0.343 e. The molecule has 0 bridgehead atoms. The summed E-state index contributed by atoms with van der Waals surface area (Å²) in [6.07, 6.45) is 1.50. The molecule has 0 aromatic heterocycles. The van der Waals surface area contributed by atoms with Crippen molar-refractivity contribution in [1.29, 1.82) is 0 Å². The van der Waals surface area contributed by atoms with Crippen LogP contribution in [0.5, 0.6) is 11.5 Å². The molecule has 6 heteroatoms. The number of hydrogen-bond acceptors (Lipinski definition) is 5. The van der Waals surface area contributed by atoms with E-state index in [9.17, 15) is 9.59 Å². The molecule has 6 nitrogen and oxygen atoms in total. The van der Waals surface area contributed by atoms with E-state index in [0.717, 1.165) is 16.3 Å². The Kier molecular flexibility index (Phi) is 6.45. The summed E-state index contributed by atoms with van der Waals surface area (Å²) in [6.45, 7) is 1.86. The van der Waals surface area contributed by atoms with Crippen LogP contribution >= 0.6 is 0 Å². The van der Waals surface area contributed by atoms with Crippen LogP contribution in [0, 0.1) is 6.92 Å². The third kappa shape index (κ3) is 4.91. The Morgan fingerprint density at radius 2 is 1.61 bits per heavy atom. The lowest BCUT2D eigenvalue weighted by molar-refractivity contribution is 0.0734. The van der Waals surface area contributed by atoms with E-state index >= 15 is 0 Å². The molecule has 0 heterocycles. The number of methoxy groups -OCH3 is 1. The minimum absolute atomic E-state index is 0.318. The maximum atomic E-state index is 12.7. The molecule has 33 heavy (non-hydrogen) atoms. The molecule has 0 atom stereocenters. The van der Waals surface area contributed by atoms with E-state index in [-0.39, 0.29) is 5.91 Å². The van der Waals surface area contributed by atoms with Gasteiger partial charge in [0, 0.05) is 11.1 Å². The number of fused-ring (bicyclic) bond motifs is 1. The number of carbonyl (C=O) groups is 2. The van der Waals surface area contributed by atoms with E-state index < -0.39 is 5.97 Å². The summed E-state index contributed by atoms with van der Waals surface area (Å²) in [4.78, 5) is 25.2. The van der Waals surface area contributed by atoms with E-state index in [4.69, 9.17) is 9.47 Å². The molecule has 0 saturated heterocycles. The SMILES string of the molecule is COc1ccc(C(=O)Oc2ccc3ccccc3c2/C=N/NC(=O)c2ccccc2C)cc1. The summed E-state index contributed by atoms with van der Waals surface area (Å²) in [5.41, 5.74) is 4.92. The first-order chi connectivity index (χ1) is 16.1. The van der Waals surface area contributed by atoms with Crippen molar-refractivity contribution in [3.63, 3.8) is 0 Å². The number of hydrazone groups is 1. The van der Waals surface area contributed by atoms with Gasteiger partial charge in [-0.2, -0.15) is 5.10 Å². The first-order valence-corrected chi connectivity index (χ1v) is 10.3. The molecule has 1 N–H and O–H groups in total. The molecular weight excluding hydrogens is 416 g/mol. The van der Waals surface area contributed by atoms with Gasteiger partial charge in [0.15, 0.2) is 0 Å². The van der Waals surface area contributed by atoms with Crippen LogP contribution in [0.25, 0.3) is 10.8 Å². The van der Waals surface area contributed by atoms with Crippen molar-refractivity contribution in [3.05, 3.63) is 107 Å². The monoisotopic (exact) mass is 438 g/mol. The molecular formula is C27H22N2O4. The number of benzene rings is 4. The number of esters is 1. The Morgan fingerprint density at radius 1 is 0.879 bits per heavy atom. The normalized spacial score (nSPS) is 10.8. The molecule has 0 unspecified atom stereocenters. The van der Waals surface area contributed by atoms with E-state index in [0.29, 0.717) is 28.2 Å². The van der Waals surface area contributed by atoms with E-state index in [1.54, 1.807) is 49.6 Å². The average Bonchev–Trinajstić information content (AvgIpc) is 2.85. The van der Waals surface area contributed by atoms with Crippen LogP contribution in [-0.2, 0) is 0 Å². The zero-order valence-electron chi connectivity index (χ0n) is 18.2. The van der Waals surface area contributed by atoms with Gasteiger partial charge in [0.05, 0.1) is 18.9 Å². The van der Waals surface area contributed by atoms with Gasteiger partial charge in [0.25, 0.3) is 5.91 Å². The number of amides is 1. The Hall–Kier alpha value is -4.45. The zero-order valence-corrected chi connectivity index (χ0v) is 18.2. The third-order valence-electron chi connectivity index (χ3n) is 5.21. The zero-order chi connectivity index (χ0) is 23.2. The summed E-state index contributed by atoms with van der Waals surface area (Å²) in [5.74, 6) is 0.158. The van der Waals surface area contributed by atoms with Crippen molar-refractivity contribution in [2.24, 2.45) is 5.10 Å². The predicted molar refractivity (Wildman–Crippen MR) is 128 cm³/mol.